The summed E-state index contributed by atoms with van der Waals surface area (Å²) in [7, 11) is 2.01. The summed E-state index contributed by atoms with van der Waals surface area (Å²) in [5.41, 5.74) is 0.969. The lowest BCUT2D eigenvalue weighted by Crippen LogP contribution is -2.46. The molecule has 2 aliphatic heterocycles. The van der Waals surface area contributed by atoms with Gasteiger partial charge in [0.1, 0.15) is 10.7 Å². The number of hydrogen-bond acceptors (Lipinski definition) is 6. The first kappa shape index (κ1) is 19.4. The SMILES string of the molecule is CC(C)OC(=O)c1ccc(N2C(=O)C(Cl)=C(N3CCN(C)CC3)C2=O)cc1. The van der Waals surface area contributed by atoms with Gasteiger partial charge in [0.05, 0.1) is 17.4 Å². The predicted octanol–water partition coefficient (Wildman–Crippen LogP) is 1.82. The Morgan fingerprint density at radius 2 is 1.63 bits per heavy atom. The van der Waals surface area contributed by atoms with Crippen molar-refractivity contribution in [1.82, 2.24) is 9.80 Å². The van der Waals surface area contributed by atoms with Crippen molar-refractivity contribution in [3.05, 3.63) is 40.6 Å². The number of hydrogen-bond donors (Lipinski definition) is 0. The van der Waals surface area contributed by atoms with Crippen LogP contribution in [0.25, 0.3) is 0 Å². The summed E-state index contributed by atoms with van der Waals surface area (Å²) in [5.74, 6) is -1.44. The minimum absolute atomic E-state index is 0.0622. The average molecular weight is 392 g/mol. The van der Waals surface area contributed by atoms with Crippen molar-refractivity contribution in [3.63, 3.8) is 0 Å². The number of esters is 1. The van der Waals surface area contributed by atoms with Crippen molar-refractivity contribution in [2.45, 2.75) is 20.0 Å². The van der Waals surface area contributed by atoms with Crippen LogP contribution in [0.1, 0.15) is 24.2 Å². The van der Waals surface area contributed by atoms with Crippen molar-refractivity contribution in [3.8, 4) is 0 Å². The maximum Gasteiger partial charge on any atom is 0.338 e. The first-order chi connectivity index (χ1) is 12.8. The fraction of sp³-hybridized carbons (Fsp3) is 0.421. The van der Waals surface area contributed by atoms with Crippen LogP contribution in [0.5, 0.6) is 0 Å². The van der Waals surface area contributed by atoms with Crippen molar-refractivity contribution in [2.24, 2.45) is 0 Å². The maximum absolute atomic E-state index is 12.9. The van der Waals surface area contributed by atoms with Crippen LogP contribution in [0, 0.1) is 0 Å². The Labute approximate surface area is 163 Å². The third kappa shape index (κ3) is 3.84. The van der Waals surface area contributed by atoms with Crippen LogP contribution < -0.4 is 4.90 Å². The van der Waals surface area contributed by atoms with Gasteiger partial charge < -0.3 is 14.5 Å². The highest BCUT2D eigenvalue weighted by Gasteiger charge is 2.41. The van der Waals surface area contributed by atoms with Crippen LogP contribution in [-0.4, -0.2) is 66.9 Å². The first-order valence-corrected chi connectivity index (χ1v) is 9.20. The summed E-state index contributed by atoms with van der Waals surface area (Å²) < 4.78 is 5.14. The number of ether oxygens (including phenoxy) is 1. The van der Waals surface area contributed by atoms with Gasteiger partial charge in [-0.1, -0.05) is 11.6 Å². The molecule has 0 radical (unpaired) electrons. The molecule has 0 aromatic heterocycles. The summed E-state index contributed by atoms with van der Waals surface area (Å²) in [6, 6.07) is 6.15. The van der Waals surface area contributed by atoms with Gasteiger partial charge in [-0.05, 0) is 45.2 Å². The van der Waals surface area contributed by atoms with Crippen LogP contribution in [0.15, 0.2) is 35.0 Å². The number of amides is 2. The number of rotatable bonds is 4. The number of benzene rings is 1. The monoisotopic (exact) mass is 391 g/mol. The number of piperazine rings is 1. The second kappa shape index (κ2) is 7.70. The Morgan fingerprint density at radius 1 is 1.04 bits per heavy atom. The van der Waals surface area contributed by atoms with Gasteiger partial charge in [-0.2, -0.15) is 0 Å². The number of halogens is 1. The molecule has 0 bridgehead atoms. The van der Waals surface area contributed by atoms with Gasteiger partial charge >= 0.3 is 5.97 Å². The molecule has 8 heteroatoms. The number of likely N-dealkylation sites (N-methyl/N-ethyl adjacent to an activating group) is 1. The van der Waals surface area contributed by atoms with E-state index in [0.717, 1.165) is 18.0 Å². The Kier molecular flexibility index (Phi) is 5.53. The summed E-state index contributed by atoms with van der Waals surface area (Å²) in [4.78, 5) is 42.5. The van der Waals surface area contributed by atoms with Crippen LogP contribution in [0.3, 0.4) is 0 Å². The highest BCUT2D eigenvalue weighted by molar-refractivity contribution is 6.52. The predicted molar refractivity (Wildman–Crippen MR) is 101 cm³/mol. The molecule has 0 unspecified atom stereocenters. The Hall–Kier alpha value is -2.38. The lowest BCUT2D eigenvalue weighted by atomic mass is 10.2. The molecule has 0 atom stereocenters. The zero-order chi connectivity index (χ0) is 19.7. The van der Waals surface area contributed by atoms with E-state index < -0.39 is 17.8 Å². The molecule has 1 aromatic carbocycles. The molecule has 2 amide bonds. The summed E-state index contributed by atoms with van der Waals surface area (Å²) in [6.07, 6.45) is -0.229. The number of carbonyl (C=O) groups excluding carboxylic acids is 3. The standard InChI is InChI=1S/C19H22ClN3O4/c1-12(2)27-19(26)13-4-6-14(7-5-13)23-17(24)15(20)16(18(23)25)22-10-8-21(3)9-11-22/h4-7,12H,8-11H2,1-3H3. The van der Waals surface area contributed by atoms with E-state index in [1.165, 1.54) is 12.1 Å². The lowest BCUT2D eigenvalue weighted by Gasteiger charge is -2.34. The molecule has 1 aromatic rings. The molecule has 7 nitrogen and oxygen atoms in total. The molecule has 1 saturated heterocycles. The van der Waals surface area contributed by atoms with Crippen LogP contribution in [-0.2, 0) is 14.3 Å². The molecule has 2 heterocycles. The van der Waals surface area contributed by atoms with E-state index in [0.29, 0.717) is 24.3 Å². The van der Waals surface area contributed by atoms with E-state index >= 15 is 0 Å². The zero-order valence-electron chi connectivity index (χ0n) is 15.6. The van der Waals surface area contributed by atoms with Gasteiger partial charge in [-0.15, -0.1) is 0 Å². The van der Waals surface area contributed by atoms with E-state index in [9.17, 15) is 14.4 Å². The number of carbonyl (C=O) groups is 3. The smallest absolute Gasteiger partial charge is 0.338 e. The number of imide groups is 1. The summed E-state index contributed by atoms with van der Waals surface area (Å²) in [5, 5.41) is -0.0622. The van der Waals surface area contributed by atoms with Crippen LogP contribution in [0.4, 0.5) is 5.69 Å². The van der Waals surface area contributed by atoms with Crippen molar-refractivity contribution in [2.75, 3.05) is 38.1 Å². The minimum atomic E-state index is -0.548. The summed E-state index contributed by atoms with van der Waals surface area (Å²) in [6.45, 7) is 6.39. The molecular weight excluding hydrogens is 370 g/mol. The molecule has 144 valence electrons. The van der Waals surface area contributed by atoms with E-state index in [1.807, 2.05) is 11.9 Å². The van der Waals surface area contributed by atoms with E-state index in [2.05, 4.69) is 4.90 Å². The minimum Gasteiger partial charge on any atom is -0.459 e. The second-order valence-electron chi connectivity index (χ2n) is 6.90. The fourth-order valence-electron chi connectivity index (χ4n) is 3.06. The van der Waals surface area contributed by atoms with Gasteiger partial charge in [-0.25, -0.2) is 9.69 Å². The van der Waals surface area contributed by atoms with E-state index in [1.54, 1.807) is 26.0 Å². The summed E-state index contributed by atoms with van der Waals surface area (Å²) >= 11 is 6.22. The van der Waals surface area contributed by atoms with Crippen molar-refractivity contribution >= 4 is 35.1 Å². The highest BCUT2D eigenvalue weighted by atomic mass is 35.5. The average Bonchev–Trinajstić information content (AvgIpc) is 2.85. The van der Waals surface area contributed by atoms with Crippen LogP contribution in [0.2, 0.25) is 0 Å². The third-order valence-electron chi connectivity index (χ3n) is 4.53. The number of nitrogens with zero attached hydrogens (tertiary/aromatic N) is 3. The van der Waals surface area contributed by atoms with Crippen molar-refractivity contribution in [1.29, 1.82) is 0 Å². The molecule has 0 spiro atoms. The number of anilines is 1. The second-order valence-corrected chi connectivity index (χ2v) is 7.28. The largest absolute Gasteiger partial charge is 0.459 e. The van der Waals surface area contributed by atoms with Gasteiger partial charge in [0.25, 0.3) is 11.8 Å². The molecular formula is C19H22ClN3O4. The Balaban J connectivity index is 1.79. The van der Waals surface area contributed by atoms with Crippen molar-refractivity contribution < 1.29 is 19.1 Å². The fourth-order valence-corrected chi connectivity index (χ4v) is 3.34. The molecule has 27 heavy (non-hydrogen) atoms. The molecule has 3 rings (SSSR count). The third-order valence-corrected chi connectivity index (χ3v) is 4.87. The topological polar surface area (TPSA) is 70.2 Å². The van der Waals surface area contributed by atoms with E-state index in [-0.39, 0.29) is 16.8 Å². The first-order valence-electron chi connectivity index (χ1n) is 8.82. The molecule has 2 aliphatic rings. The Morgan fingerprint density at radius 3 is 2.19 bits per heavy atom. The lowest BCUT2D eigenvalue weighted by molar-refractivity contribution is -0.121. The molecule has 0 N–H and O–H groups in total. The van der Waals surface area contributed by atoms with Gasteiger partial charge in [0.15, 0.2) is 0 Å². The van der Waals surface area contributed by atoms with Gasteiger partial charge in [0.2, 0.25) is 0 Å². The molecule has 0 aliphatic carbocycles. The normalized spacial score (nSPS) is 18.7. The highest BCUT2D eigenvalue weighted by Crippen LogP contribution is 2.31. The molecule has 0 saturated carbocycles. The quantitative estimate of drug-likeness (QED) is 0.576. The zero-order valence-corrected chi connectivity index (χ0v) is 16.3. The van der Waals surface area contributed by atoms with E-state index in [4.69, 9.17) is 16.3 Å². The van der Waals surface area contributed by atoms with Crippen LogP contribution >= 0.6 is 11.6 Å². The Bertz CT molecular complexity index is 796. The van der Waals surface area contributed by atoms with Gasteiger partial charge in [0, 0.05) is 26.2 Å². The van der Waals surface area contributed by atoms with Gasteiger partial charge in [-0.3, -0.25) is 9.59 Å². The maximum atomic E-state index is 12.9. The molecule has 1 fully saturated rings.